The zero-order valence-corrected chi connectivity index (χ0v) is 14.9. The van der Waals surface area contributed by atoms with Crippen LogP contribution in [0.1, 0.15) is 46.0 Å². The number of piperidine rings is 1. The van der Waals surface area contributed by atoms with E-state index in [1.54, 1.807) is 0 Å². The minimum atomic E-state index is -0.412. The predicted octanol–water partition coefficient (Wildman–Crippen LogP) is 4.29. The summed E-state index contributed by atoms with van der Waals surface area (Å²) in [4.78, 5) is 14.4. The van der Waals surface area contributed by atoms with Gasteiger partial charge in [-0.25, -0.2) is 4.79 Å². The summed E-state index contributed by atoms with van der Waals surface area (Å²) in [5.74, 6) is 0.766. The average Bonchev–Trinajstić information content (AvgIpc) is 2.56. The number of nitrogens with one attached hydrogen (secondary N) is 1. The van der Waals surface area contributed by atoms with Crippen LogP contribution in [-0.2, 0) is 4.74 Å². The highest BCUT2D eigenvalue weighted by Crippen LogP contribution is 2.18. The SMILES string of the molecule is CCCCOc1cccc(NC(=O)O[C@H](C)CN2CCCCC2)c1. The number of anilines is 1. The number of hydrogen-bond donors (Lipinski definition) is 1. The Kier molecular flexibility index (Phi) is 7.89. The van der Waals surface area contributed by atoms with E-state index in [0.717, 1.165) is 38.2 Å². The third-order valence-electron chi connectivity index (χ3n) is 4.12. The molecule has 1 fully saturated rings. The van der Waals surface area contributed by atoms with Crippen molar-refractivity contribution in [2.75, 3.05) is 31.6 Å². The molecule has 2 rings (SSSR count). The van der Waals surface area contributed by atoms with Gasteiger partial charge in [-0.05, 0) is 51.4 Å². The van der Waals surface area contributed by atoms with Gasteiger partial charge < -0.3 is 9.47 Å². The van der Waals surface area contributed by atoms with Crippen molar-refractivity contribution in [1.82, 2.24) is 4.90 Å². The largest absolute Gasteiger partial charge is 0.494 e. The minimum Gasteiger partial charge on any atom is -0.494 e. The summed E-state index contributed by atoms with van der Waals surface area (Å²) in [5.41, 5.74) is 0.694. The first-order valence-corrected chi connectivity index (χ1v) is 9.10. The molecule has 5 heteroatoms. The van der Waals surface area contributed by atoms with Crippen LogP contribution in [0.4, 0.5) is 10.5 Å². The van der Waals surface area contributed by atoms with Crippen molar-refractivity contribution in [2.45, 2.75) is 52.1 Å². The highest BCUT2D eigenvalue weighted by Gasteiger charge is 2.16. The maximum Gasteiger partial charge on any atom is 0.411 e. The topological polar surface area (TPSA) is 50.8 Å². The number of likely N-dealkylation sites (tertiary alicyclic amines) is 1. The summed E-state index contributed by atoms with van der Waals surface area (Å²) in [7, 11) is 0. The summed E-state index contributed by atoms with van der Waals surface area (Å²) in [6.07, 6.45) is 5.38. The fraction of sp³-hybridized carbons (Fsp3) is 0.632. The Morgan fingerprint density at radius 1 is 1.29 bits per heavy atom. The number of nitrogens with zero attached hydrogens (tertiary/aromatic N) is 1. The van der Waals surface area contributed by atoms with Crippen LogP contribution in [0.2, 0.25) is 0 Å². The Hall–Kier alpha value is -1.75. The lowest BCUT2D eigenvalue weighted by molar-refractivity contribution is 0.0833. The highest BCUT2D eigenvalue weighted by atomic mass is 16.6. The molecule has 1 N–H and O–H groups in total. The Bertz CT molecular complexity index is 501. The third-order valence-corrected chi connectivity index (χ3v) is 4.12. The van der Waals surface area contributed by atoms with Crippen molar-refractivity contribution in [3.8, 4) is 5.75 Å². The predicted molar refractivity (Wildman–Crippen MR) is 96.7 cm³/mol. The second kappa shape index (κ2) is 10.2. The molecule has 0 bridgehead atoms. The van der Waals surface area contributed by atoms with Crippen molar-refractivity contribution in [2.24, 2.45) is 0 Å². The van der Waals surface area contributed by atoms with Gasteiger partial charge in [0.2, 0.25) is 0 Å². The fourth-order valence-electron chi connectivity index (χ4n) is 2.87. The zero-order chi connectivity index (χ0) is 17.2. The molecule has 1 atom stereocenters. The quantitative estimate of drug-likeness (QED) is 0.721. The molecule has 0 radical (unpaired) electrons. The van der Waals surface area contributed by atoms with E-state index in [9.17, 15) is 4.79 Å². The number of ether oxygens (including phenoxy) is 2. The van der Waals surface area contributed by atoms with Crippen molar-refractivity contribution < 1.29 is 14.3 Å². The van der Waals surface area contributed by atoms with Crippen LogP contribution in [0.15, 0.2) is 24.3 Å². The van der Waals surface area contributed by atoms with Gasteiger partial charge in [0.1, 0.15) is 11.9 Å². The normalized spacial score (nSPS) is 16.4. The van der Waals surface area contributed by atoms with E-state index in [2.05, 4.69) is 17.1 Å². The second-order valence-corrected chi connectivity index (χ2v) is 6.43. The van der Waals surface area contributed by atoms with Gasteiger partial charge in [-0.2, -0.15) is 0 Å². The monoisotopic (exact) mass is 334 g/mol. The number of hydrogen-bond acceptors (Lipinski definition) is 4. The average molecular weight is 334 g/mol. The highest BCUT2D eigenvalue weighted by molar-refractivity contribution is 5.84. The smallest absolute Gasteiger partial charge is 0.411 e. The number of unbranched alkanes of at least 4 members (excludes halogenated alkanes) is 1. The van der Waals surface area contributed by atoms with Gasteiger partial charge in [-0.3, -0.25) is 10.2 Å². The molecule has 1 heterocycles. The lowest BCUT2D eigenvalue weighted by atomic mass is 10.1. The Morgan fingerprint density at radius 2 is 2.08 bits per heavy atom. The molecule has 0 aliphatic carbocycles. The molecule has 0 spiro atoms. The first-order chi connectivity index (χ1) is 11.7. The van der Waals surface area contributed by atoms with Crippen LogP contribution < -0.4 is 10.1 Å². The minimum absolute atomic E-state index is 0.118. The first-order valence-electron chi connectivity index (χ1n) is 9.10. The number of rotatable bonds is 8. The molecular weight excluding hydrogens is 304 g/mol. The lowest BCUT2D eigenvalue weighted by Gasteiger charge is -2.28. The summed E-state index contributed by atoms with van der Waals surface area (Å²) < 4.78 is 11.1. The van der Waals surface area contributed by atoms with Gasteiger partial charge in [0.25, 0.3) is 0 Å². The van der Waals surface area contributed by atoms with Crippen LogP contribution in [0.5, 0.6) is 5.75 Å². The Morgan fingerprint density at radius 3 is 2.83 bits per heavy atom. The van der Waals surface area contributed by atoms with Crippen LogP contribution in [0, 0.1) is 0 Å². The van der Waals surface area contributed by atoms with E-state index in [1.807, 2.05) is 31.2 Å². The van der Waals surface area contributed by atoms with Crippen LogP contribution in [-0.4, -0.2) is 43.3 Å². The fourth-order valence-corrected chi connectivity index (χ4v) is 2.87. The van der Waals surface area contributed by atoms with E-state index in [4.69, 9.17) is 9.47 Å². The van der Waals surface area contributed by atoms with Crippen molar-refractivity contribution >= 4 is 11.8 Å². The van der Waals surface area contributed by atoms with Crippen LogP contribution in [0.3, 0.4) is 0 Å². The molecule has 1 aromatic rings. The van der Waals surface area contributed by atoms with Crippen LogP contribution in [0.25, 0.3) is 0 Å². The summed E-state index contributed by atoms with van der Waals surface area (Å²) in [6, 6.07) is 7.43. The molecule has 1 aliphatic rings. The lowest BCUT2D eigenvalue weighted by Crippen LogP contribution is -2.37. The van der Waals surface area contributed by atoms with Crippen LogP contribution >= 0.6 is 0 Å². The summed E-state index contributed by atoms with van der Waals surface area (Å²) in [5, 5.41) is 2.78. The number of amides is 1. The van der Waals surface area contributed by atoms with E-state index in [1.165, 1.54) is 19.3 Å². The molecule has 1 aromatic carbocycles. The standard InChI is InChI=1S/C19H30N2O3/c1-3-4-13-23-18-10-8-9-17(14-18)20-19(22)24-16(2)15-21-11-6-5-7-12-21/h8-10,14,16H,3-7,11-13,15H2,1-2H3,(H,20,22)/t16-/m1/s1. The summed E-state index contributed by atoms with van der Waals surface area (Å²) in [6.45, 7) is 7.77. The zero-order valence-electron chi connectivity index (χ0n) is 14.9. The molecule has 0 unspecified atom stereocenters. The summed E-state index contributed by atoms with van der Waals surface area (Å²) >= 11 is 0. The van der Waals surface area contributed by atoms with E-state index in [-0.39, 0.29) is 6.10 Å². The number of carbonyl (C=O) groups is 1. The molecule has 134 valence electrons. The van der Waals surface area contributed by atoms with Gasteiger partial charge in [0.05, 0.1) is 6.61 Å². The molecular formula is C19H30N2O3. The second-order valence-electron chi connectivity index (χ2n) is 6.43. The molecule has 0 aromatic heterocycles. The van der Waals surface area contributed by atoms with Crippen molar-refractivity contribution in [3.63, 3.8) is 0 Å². The molecule has 1 amide bonds. The van der Waals surface area contributed by atoms with Gasteiger partial charge in [-0.15, -0.1) is 0 Å². The number of benzene rings is 1. The molecule has 0 saturated carbocycles. The van der Waals surface area contributed by atoms with Gasteiger partial charge in [-0.1, -0.05) is 25.8 Å². The Balaban J connectivity index is 1.75. The maximum atomic E-state index is 12.0. The third kappa shape index (κ3) is 6.79. The maximum absolute atomic E-state index is 12.0. The van der Waals surface area contributed by atoms with Gasteiger partial charge in [0.15, 0.2) is 0 Å². The van der Waals surface area contributed by atoms with Crippen molar-refractivity contribution in [1.29, 1.82) is 0 Å². The number of carbonyl (C=O) groups excluding carboxylic acids is 1. The Labute approximate surface area is 145 Å². The van der Waals surface area contributed by atoms with Gasteiger partial charge in [0, 0.05) is 18.3 Å². The molecule has 24 heavy (non-hydrogen) atoms. The molecule has 1 saturated heterocycles. The van der Waals surface area contributed by atoms with Crippen molar-refractivity contribution in [3.05, 3.63) is 24.3 Å². The first kappa shape index (κ1) is 18.6. The molecule has 1 aliphatic heterocycles. The van der Waals surface area contributed by atoms with E-state index < -0.39 is 6.09 Å². The van der Waals surface area contributed by atoms with E-state index in [0.29, 0.717) is 12.3 Å². The van der Waals surface area contributed by atoms with E-state index >= 15 is 0 Å². The van der Waals surface area contributed by atoms with Gasteiger partial charge >= 0.3 is 6.09 Å². The molecule has 5 nitrogen and oxygen atoms in total.